The molecule has 0 spiro atoms. The molecule has 218 valence electrons. The summed E-state index contributed by atoms with van der Waals surface area (Å²) in [6.07, 6.45) is 0.824. The van der Waals surface area contributed by atoms with Gasteiger partial charge in [-0.3, -0.25) is 4.79 Å². The molecular weight excluding hydrogens is 558 g/mol. The maximum Gasteiger partial charge on any atom is 0.326 e. The van der Waals surface area contributed by atoms with Gasteiger partial charge in [-0.15, -0.1) is 0 Å². The minimum absolute atomic E-state index is 0.0112. The third-order valence-corrected chi connectivity index (χ3v) is 9.27. The maximum atomic E-state index is 13.2. The molecule has 2 unspecified atom stereocenters. The minimum Gasteiger partial charge on any atom is -0.496 e. The van der Waals surface area contributed by atoms with E-state index < -0.39 is 34.0 Å². The molecule has 1 aliphatic heterocycles. The number of methoxy groups -OCH3 is 2. The average molecular weight is 590 g/mol. The number of sulfonamides is 1. The lowest BCUT2D eigenvalue weighted by atomic mass is 10.0. The Kier molecular flexibility index (Phi) is 8.41. The van der Waals surface area contributed by atoms with Crippen molar-refractivity contribution in [1.29, 1.82) is 0 Å². The van der Waals surface area contributed by atoms with Crippen molar-refractivity contribution in [2.75, 3.05) is 20.8 Å². The minimum atomic E-state index is -3.90. The zero-order valence-electron chi connectivity index (χ0n) is 23.2. The SMILES string of the molecule is COc1cccc(OC)c1-c1ccc2cc(CC(NC(=O)C3CCCN3S(=O)(=O)c3ccccc3)C(=O)O)ccc2n1. The summed E-state index contributed by atoms with van der Waals surface area (Å²) in [6.45, 7) is 0.188. The third-order valence-electron chi connectivity index (χ3n) is 7.35. The fraction of sp³-hybridized carbons (Fsp3) is 0.258. The summed E-state index contributed by atoms with van der Waals surface area (Å²) in [5.74, 6) is -0.599. The highest BCUT2D eigenvalue weighted by Crippen LogP contribution is 2.38. The van der Waals surface area contributed by atoms with Gasteiger partial charge in [-0.1, -0.05) is 36.4 Å². The number of carboxylic acids is 1. The van der Waals surface area contributed by atoms with Crippen LogP contribution in [0, 0.1) is 0 Å². The number of aromatic nitrogens is 1. The van der Waals surface area contributed by atoms with Crippen LogP contribution in [-0.2, 0) is 26.0 Å². The largest absolute Gasteiger partial charge is 0.496 e. The molecule has 0 aliphatic carbocycles. The quantitative estimate of drug-likeness (QED) is 0.285. The van der Waals surface area contributed by atoms with E-state index in [1.807, 2.05) is 36.4 Å². The number of carboxylic acid groups (broad SMARTS) is 1. The van der Waals surface area contributed by atoms with Crippen molar-refractivity contribution in [3.63, 3.8) is 0 Å². The van der Waals surface area contributed by atoms with Crippen LogP contribution in [0.2, 0.25) is 0 Å². The molecule has 2 heterocycles. The number of aliphatic carboxylic acids is 1. The summed E-state index contributed by atoms with van der Waals surface area (Å²) in [4.78, 5) is 30.2. The second-order valence-electron chi connectivity index (χ2n) is 9.95. The van der Waals surface area contributed by atoms with Gasteiger partial charge in [0.05, 0.1) is 35.9 Å². The lowest BCUT2D eigenvalue weighted by molar-refractivity contribution is -0.142. The Balaban J connectivity index is 1.34. The van der Waals surface area contributed by atoms with E-state index in [0.29, 0.717) is 41.1 Å². The van der Waals surface area contributed by atoms with E-state index in [1.54, 1.807) is 44.6 Å². The number of fused-ring (bicyclic) bond motifs is 1. The van der Waals surface area contributed by atoms with E-state index in [0.717, 1.165) is 15.3 Å². The van der Waals surface area contributed by atoms with Gasteiger partial charge >= 0.3 is 5.97 Å². The number of hydrogen-bond donors (Lipinski definition) is 2. The smallest absolute Gasteiger partial charge is 0.326 e. The van der Waals surface area contributed by atoms with Crippen LogP contribution in [0.4, 0.5) is 0 Å². The number of nitrogens with one attached hydrogen (secondary N) is 1. The number of benzene rings is 3. The zero-order valence-corrected chi connectivity index (χ0v) is 24.0. The molecule has 0 radical (unpaired) electrons. The van der Waals surface area contributed by atoms with Crippen LogP contribution in [0.1, 0.15) is 18.4 Å². The Hall–Kier alpha value is -4.48. The van der Waals surface area contributed by atoms with Gasteiger partial charge in [0.1, 0.15) is 23.6 Å². The van der Waals surface area contributed by atoms with Gasteiger partial charge in [-0.2, -0.15) is 4.31 Å². The summed E-state index contributed by atoms with van der Waals surface area (Å²) >= 11 is 0. The molecule has 1 amide bonds. The topological polar surface area (TPSA) is 135 Å². The molecule has 0 bridgehead atoms. The van der Waals surface area contributed by atoms with Crippen molar-refractivity contribution in [2.45, 2.75) is 36.2 Å². The Bertz CT molecular complexity index is 1710. The molecule has 1 fully saturated rings. The molecule has 11 heteroatoms. The first kappa shape index (κ1) is 29.0. The van der Waals surface area contributed by atoms with Crippen LogP contribution in [0.25, 0.3) is 22.2 Å². The number of carbonyl (C=O) groups excluding carboxylic acids is 1. The molecule has 4 aromatic rings. The average Bonchev–Trinajstić information content (AvgIpc) is 3.52. The van der Waals surface area contributed by atoms with E-state index in [2.05, 4.69) is 5.32 Å². The molecule has 1 saturated heterocycles. The van der Waals surface area contributed by atoms with Crippen LogP contribution in [-0.4, -0.2) is 67.5 Å². The second-order valence-corrected chi connectivity index (χ2v) is 11.8. The Morgan fingerprint density at radius 1 is 1.00 bits per heavy atom. The van der Waals surface area contributed by atoms with Crippen molar-refractivity contribution in [3.8, 4) is 22.8 Å². The van der Waals surface area contributed by atoms with Crippen LogP contribution >= 0.6 is 0 Å². The van der Waals surface area contributed by atoms with E-state index in [1.165, 1.54) is 12.1 Å². The Morgan fingerprint density at radius 2 is 1.71 bits per heavy atom. The molecule has 10 nitrogen and oxygen atoms in total. The summed E-state index contributed by atoms with van der Waals surface area (Å²) in [5.41, 5.74) is 2.75. The number of amides is 1. The van der Waals surface area contributed by atoms with E-state index in [4.69, 9.17) is 14.5 Å². The number of rotatable bonds is 10. The highest BCUT2D eigenvalue weighted by atomic mass is 32.2. The van der Waals surface area contributed by atoms with Crippen molar-refractivity contribution in [1.82, 2.24) is 14.6 Å². The summed E-state index contributed by atoms with van der Waals surface area (Å²) in [5, 5.41) is 13.3. The predicted molar refractivity (Wildman–Crippen MR) is 157 cm³/mol. The Morgan fingerprint density at radius 3 is 2.38 bits per heavy atom. The number of nitrogens with zero attached hydrogens (tertiary/aromatic N) is 2. The third kappa shape index (κ3) is 5.79. The summed E-state index contributed by atoms with van der Waals surface area (Å²) in [7, 11) is -0.744. The van der Waals surface area contributed by atoms with Crippen LogP contribution < -0.4 is 14.8 Å². The number of ether oxygens (including phenoxy) is 2. The van der Waals surface area contributed by atoms with Crippen molar-refractivity contribution in [3.05, 3.63) is 84.4 Å². The first-order chi connectivity index (χ1) is 20.2. The summed E-state index contributed by atoms with van der Waals surface area (Å²) < 4.78 is 38.5. The molecule has 1 aliphatic rings. The van der Waals surface area contributed by atoms with Gasteiger partial charge in [-0.05, 0) is 60.9 Å². The van der Waals surface area contributed by atoms with Crippen LogP contribution in [0.3, 0.4) is 0 Å². The monoisotopic (exact) mass is 589 g/mol. The highest BCUT2D eigenvalue weighted by molar-refractivity contribution is 7.89. The maximum absolute atomic E-state index is 13.2. The molecule has 2 N–H and O–H groups in total. The van der Waals surface area contributed by atoms with Crippen molar-refractivity contribution in [2.24, 2.45) is 0 Å². The number of pyridine rings is 1. The van der Waals surface area contributed by atoms with Gasteiger partial charge in [-0.25, -0.2) is 18.2 Å². The zero-order chi connectivity index (χ0) is 29.9. The lowest BCUT2D eigenvalue weighted by Crippen LogP contribution is -2.51. The van der Waals surface area contributed by atoms with Gasteiger partial charge in [0, 0.05) is 18.4 Å². The molecule has 0 saturated carbocycles. The van der Waals surface area contributed by atoms with Gasteiger partial charge < -0.3 is 19.9 Å². The fourth-order valence-electron chi connectivity index (χ4n) is 5.27. The second kappa shape index (κ2) is 12.2. The Labute approximate surface area is 244 Å². The fourth-order valence-corrected chi connectivity index (χ4v) is 6.94. The number of hydrogen-bond acceptors (Lipinski definition) is 7. The molecule has 2 atom stereocenters. The number of carbonyl (C=O) groups is 2. The normalized spacial score (nSPS) is 16.2. The molecule has 1 aromatic heterocycles. The lowest BCUT2D eigenvalue weighted by Gasteiger charge is -2.25. The van der Waals surface area contributed by atoms with Crippen LogP contribution in [0.5, 0.6) is 11.5 Å². The molecule has 3 aromatic carbocycles. The van der Waals surface area contributed by atoms with Crippen LogP contribution in [0.15, 0.2) is 83.8 Å². The first-order valence-electron chi connectivity index (χ1n) is 13.4. The van der Waals surface area contributed by atoms with Gasteiger partial charge in [0.25, 0.3) is 0 Å². The first-order valence-corrected chi connectivity index (χ1v) is 14.9. The molecule has 5 rings (SSSR count). The predicted octanol–water partition coefficient (Wildman–Crippen LogP) is 3.88. The standard InChI is InChI=1S/C31H31N3O7S/c1-40-27-11-6-12-28(41-2)29(27)24-16-14-21-18-20(13-15-23(21)32-24)19-25(31(36)37)33-30(35)26-10-7-17-34(26)42(38,39)22-8-4-3-5-9-22/h3-6,8-9,11-16,18,25-26H,7,10,17,19H2,1-2H3,(H,33,35)(H,36,37). The van der Waals surface area contributed by atoms with Gasteiger partial charge in [0.2, 0.25) is 15.9 Å². The van der Waals surface area contributed by atoms with Gasteiger partial charge in [0.15, 0.2) is 0 Å². The van der Waals surface area contributed by atoms with Crippen molar-refractivity contribution < 1.29 is 32.6 Å². The van der Waals surface area contributed by atoms with E-state index in [-0.39, 0.29) is 17.9 Å². The van der Waals surface area contributed by atoms with Crippen molar-refractivity contribution >= 4 is 32.8 Å². The summed E-state index contributed by atoms with van der Waals surface area (Å²) in [6, 6.07) is 20.3. The van der Waals surface area contributed by atoms with E-state index in [9.17, 15) is 23.1 Å². The highest BCUT2D eigenvalue weighted by Gasteiger charge is 2.40. The molecular formula is C31H31N3O7S. The van der Waals surface area contributed by atoms with E-state index >= 15 is 0 Å². The molecule has 42 heavy (non-hydrogen) atoms.